The molecule has 0 atom stereocenters. The Kier molecular flexibility index (Phi) is 5.59. The molecule has 0 aliphatic carbocycles. The first-order chi connectivity index (χ1) is 9.58. The minimum Gasteiger partial charge on any atom is -0.461 e. The van der Waals surface area contributed by atoms with Crippen LogP contribution in [0.2, 0.25) is 0 Å². The van der Waals surface area contributed by atoms with E-state index in [9.17, 15) is 4.79 Å². The van der Waals surface area contributed by atoms with Crippen molar-refractivity contribution in [3.05, 3.63) is 35.9 Å². The number of ether oxygens (including phenoxy) is 1. The SMILES string of the molecule is CC(C)(C)Nc1ccc(/C=C/COC(=O)C(C)(C)C)cc1. The van der Waals surface area contributed by atoms with E-state index in [0.717, 1.165) is 11.3 Å². The summed E-state index contributed by atoms with van der Waals surface area (Å²) < 4.78 is 5.18. The van der Waals surface area contributed by atoms with Crippen LogP contribution in [0.15, 0.2) is 30.3 Å². The zero-order valence-corrected chi connectivity index (χ0v) is 14.0. The molecule has 0 radical (unpaired) electrons. The van der Waals surface area contributed by atoms with Crippen LogP contribution in [0.3, 0.4) is 0 Å². The number of benzene rings is 1. The van der Waals surface area contributed by atoms with Crippen LogP contribution in [0.1, 0.15) is 47.1 Å². The molecule has 3 nitrogen and oxygen atoms in total. The van der Waals surface area contributed by atoms with E-state index < -0.39 is 5.41 Å². The Hall–Kier alpha value is -1.77. The molecule has 0 bridgehead atoms. The average molecular weight is 289 g/mol. The molecule has 0 amide bonds. The van der Waals surface area contributed by atoms with Gasteiger partial charge in [0.25, 0.3) is 0 Å². The standard InChI is InChI=1S/C18H27NO2/c1-17(2,3)16(20)21-13-7-8-14-9-11-15(12-10-14)19-18(4,5)6/h7-12,19H,13H2,1-6H3/b8-7+. The number of hydrogen-bond donors (Lipinski definition) is 1. The first kappa shape index (κ1) is 17.3. The van der Waals surface area contributed by atoms with Gasteiger partial charge in [0.1, 0.15) is 6.61 Å². The highest BCUT2D eigenvalue weighted by Gasteiger charge is 2.22. The lowest BCUT2D eigenvalue weighted by Gasteiger charge is -2.22. The van der Waals surface area contributed by atoms with E-state index in [-0.39, 0.29) is 11.5 Å². The van der Waals surface area contributed by atoms with Gasteiger partial charge in [-0.1, -0.05) is 18.2 Å². The zero-order valence-electron chi connectivity index (χ0n) is 14.0. The molecule has 3 heteroatoms. The van der Waals surface area contributed by atoms with Gasteiger partial charge in [-0.2, -0.15) is 0 Å². The predicted molar refractivity (Wildman–Crippen MR) is 89.3 cm³/mol. The Labute approximate surface area is 128 Å². The highest BCUT2D eigenvalue weighted by atomic mass is 16.5. The Balaban J connectivity index is 2.49. The fraction of sp³-hybridized carbons (Fsp3) is 0.500. The largest absolute Gasteiger partial charge is 0.461 e. The highest BCUT2D eigenvalue weighted by Crippen LogP contribution is 2.17. The molecule has 0 fully saturated rings. The summed E-state index contributed by atoms with van der Waals surface area (Å²) in [6.45, 7) is 12.2. The van der Waals surface area contributed by atoms with Gasteiger partial charge in [0.2, 0.25) is 0 Å². The molecule has 0 aromatic heterocycles. The number of hydrogen-bond acceptors (Lipinski definition) is 3. The van der Waals surface area contributed by atoms with Crippen LogP contribution in [0.4, 0.5) is 5.69 Å². The summed E-state index contributed by atoms with van der Waals surface area (Å²) in [5, 5.41) is 3.41. The number of rotatable bonds is 4. The maximum atomic E-state index is 11.6. The third-order valence-electron chi connectivity index (χ3n) is 2.66. The molecule has 0 saturated carbocycles. The van der Waals surface area contributed by atoms with E-state index in [1.807, 2.05) is 57.2 Å². The average Bonchev–Trinajstić information content (AvgIpc) is 2.33. The quantitative estimate of drug-likeness (QED) is 0.829. The van der Waals surface area contributed by atoms with Crippen LogP contribution in [-0.4, -0.2) is 18.1 Å². The van der Waals surface area contributed by atoms with Gasteiger partial charge in [-0.25, -0.2) is 0 Å². The maximum Gasteiger partial charge on any atom is 0.311 e. The zero-order chi connectivity index (χ0) is 16.1. The lowest BCUT2D eigenvalue weighted by atomic mass is 9.97. The van der Waals surface area contributed by atoms with E-state index in [1.54, 1.807) is 0 Å². The molecule has 116 valence electrons. The third kappa shape index (κ3) is 6.98. The smallest absolute Gasteiger partial charge is 0.311 e. The Morgan fingerprint density at radius 2 is 1.67 bits per heavy atom. The van der Waals surface area contributed by atoms with Crippen molar-refractivity contribution in [3.63, 3.8) is 0 Å². The van der Waals surface area contributed by atoms with Crippen molar-refractivity contribution in [2.24, 2.45) is 5.41 Å². The monoisotopic (exact) mass is 289 g/mol. The Morgan fingerprint density at radius 3 is 2.14 bits per heavy atom. The summed E-state index contributed by atoms with van der Waals surface area (Å²) in [6, 6.07) is 8.17. The summed E-state index contributed by atoms with van der Waals surface area (Å²) >= 11 is 0. The van der Waals surface area contributed by atoms with E-state index in [4.69, 9.17) is 4.74 Å². The van der Waals surface area contributed by atoms with Gasteiger partial charge in [-0.3, -0.25) is 4.79 Å². The minimum absolute atomic E-state index is 0.0541. The second kappa shape index (κ2) is 6.79. The maximum absolute atomic E-state index is 11.6. The van der Waals surface area contributed by atoms with Crippen LogP contribution in [-0.2, 0) is 9.53 Å². The van der Waals surface area contributed by atoms with Crippen LogP contribution in [0, 0.1) is 5.41 Å². The molecule has 0 saturated heterocycles. The summed E-state index contributed by atoms with van der Waals surface area (Å²) in [5.74, 6) is -0.183. The Bertz CT molecular complexity index is 487. The summed E-state index contributed by atoms with van der Waals surface area (Å²) in [6.07, 6.45) is 3.81. The second-order valence-electron chi connectivity index (χ2n) is 7.25. The number of anilines is 1. The lowest BCUT2D eigenvalue weighted by Crippen LogP contribution is -2.25. The molecule has 0 aliphatic heterocycles. The van der Waals surface area contributed by atoms with Gasteiger partial charge in [-0.15, -0.1) is 0 Å². The Morgan fingerprint density at radius 1 is 1.10 bits per heavy atom. The summed E-state index contributed by atoms with van der Waals surface area (Å²) in [4.78, 5) is 11.6. The van der Waals surface area contributed by atoms with Gasteiger partial charge in [-0.05, 0) is 65.3 Å². The van der Waals surface area contributed by atoms with Crippen molar-refractivity contribution in [3.8, 4) is 0 Å². The number of esters is 1. The number of carbonyl (C=O) groups is 1. The molecule has 1 rings (SSSR count). The first-order valence-corrected chi connectivity index (χ1v) is 7.30. The van der Waals surface area contributed by atoms with Gasteiger partial charge >= 0.3 is 5.97 Å². The molecule has 1 aromatic carbocycles. The van der Waals surface area contributed by atoms with Crippen LogP contribution in [0.5, 0.6) is 0 Å². The van der Waals surface area contributed by atoms with E-state index in [0.29, 0.717) is 6.61 Å². The fourth-order valence-electron chi connectivity index (χ4n) is 1.64. The van der Waals surface area contributed by atoms with Gasteiger partial charge < -0.3 is 10.1 Å². The number of carbonyl (C=O) groups excluding carboxylic acids is 1. The minimum atomic E-state index is -0.450. The summed E-state index contributed by atoms with van der Waals surface area (Å²) in [5.41, 5.74) is 1.78. The molecule has 1 N–H and O–H groups in total. The van der Waals surface area contributed by atoms with Gasteiger partial charge in [0, 0.05) is 11.2 Å². The molecular weight excluding hydrogens is 262 g/mol. The van der Waals surface area contributed by atoms with Crippen molar-refractivity contribution in [2.45, 2.75) is 47.1 Å². The summed E-state index contributed by atoms with van der Waals surface area (Å²) in [7, 11) is 0. The topological polar surface area (TPSA) is 38.3 Å². The highest BCUT2D eigenvalue weighted by molar-refractivity contribution is 5.75. The van der Waals surface area contributed by atoms with Crippen LogP contribution >= 0.6 is 0 Å². The van der Waals surface area contributed by atoms with Crippen molar-refractivity contribution in [2.75, 3.05) is 11.9 Å². The van der Waals surface area contributed by atoms with E-state index >= 15 is 0 Å². The third-order valence-corrected chi connectivity index (χ3v) is 2.66. The normalized spacial score (nSPS) is 12.5. The lowest BCUT2D eigenvalue weighted by molar-refractivity contribution is -0.151. The second-order valence-corrected chi connectivity index (χ2v) is 7.25. The van der Waals surface area contributed by atoms with Crippen LogP contribution in [0.25, 0.3) is 6.08 Å². The molecule has 0 spiro atoms. The van der Waals surface area contributed by atoms with E-state index in [1.165, 1.54) is 0 Å². The van der Waals surface area contributed by atoms with E-state index in [2.05, 4.69) is 26.1 Å². The molecule has 0 aliphatic rings. The van der Waals surface area contributed by atoms with Crippen LogP contribution < -0.4 is 5.32 Å². The molecule has 0 heterocycles. The molecule has 1 aromatic rings. The fourth-order valence-corrected chi connectivity index (χ4v) is 1.64. The molecule has 0 unspecified atom stereocenters. The van der Waals surface area contributed by atoms with Crippen molar-refractivity contribution in [1.82, 2.24) is 0 Å². The van der Waals surface area contributed by atoms with Crippen molar-refractivity contribution >= 4 is 17.7 Å². The number of nitrogens with one attached hydrogen (secondary N) is 1. The van der Waals surface area contributed by atoms with Gasteiger partial charge in [0.05, 0.1) is 5.41 Å². The van der Waals surface area contributed by atoms with Crippen molar-refractivity contribution in [1.29, 1.82) is 0 Å². The first-order valence-electron chi connectivity index (χ1n) is 7.30. The molecule has 21 heavy (non-hydrogen) atoms. The van der Waals surface area contributed by atoms with Crippen molar-refractivity contribution < 1.29 is 9.53 Å². The molecular formula is C18H27NO2. The van der Waals surface area contributed by atoms with Gasteiger partial charge in [0.15, 0.2) is 0 Å². The predicted octanol–water partition coefficient (Wildman–Crippen LogP) is 4.50.